The van der Waals surface area contributed by atoms with E-state index in [2.05, 4.69) is 10.3 Å². The molecule has 1 aromatic carbocycles. The summed E-state index contributed by atoms with van der Waals surface area (Å²) in [4.78, 5) is 16.7. The highest BCUT2D eigenvalue weighted by Gasteiger charge is 2.25. The minimum Gasteiger partial charge on any atom is -0.363 e. The maximum absolute atomic E-state index is 12.4. The summed E-state index contributed by atoms with van der Waals surface area (Å²) < 4.78 is 0. The number of nitrogens with zero attached hydrogens (tertiary/aromatic N) is 1. The summed E-state index contributed by atoms with van der Waals surface area (Å²) in [6.45, 7) is 5.87. The van der Waals surface area contributed by atoms with Gasteiger partial charge >= 0.3 is 0 Å². The highest BCUT2D eigenvalue weighted by molar-refractivity contribution is 5.84. The number of hydrogen-bond acceptors (Lipinski definition) is 3. The molecule has 21 heavy (non-hydrogen) atoms. The summed E-state index contributed by atoms with van der Waals surface area (Å²) in [6.07, 6.45) is 2.19. The molecule has 0 amide bonds. The van der Waals surface area contributed by atoms with Crippen molar-refractivity contribution in [2.45, 2.75) is 33.2 Å². The molecule has 0 radical (unpaired) electrons. The van der Waals surface area contributed by atoms with Crippen LogP contribution in [0.15, 0.2) is 54.7 Å². The molecule has 1 unspecified atom stereocenters. The van der Waals surface area contributed by atoms with E-state index in [4.69, 9.17) is 0 Å². The van der Waals surface area contributed by atoms with Gasteiger partial charge in [-0.3, -0.25) is 4.79 Å². The minimum absolute atomic E-state index is 0.0622. The lowest BCUT2D eigenvalue weighted by Crippen LogP contribution is -2.25. The molecular weight excluding hydrogens is 260 g/mol. The van der Waals surface area contributed by atoms with Crippen LogP contribution in [-0.2, 0) is 4.79 Å². The molecule has 1 atom stereocenters. The van der Waals surface area contributed by atoms with Crippen molar-refractivity contribution in [3.05, 3.63) is 60.3 Å². The smallest absolute Gasteiger partial charge is 0.140 e. The number of hydrogen-bond donors (Lipinski definition) is 1. The van der Waals surface area contributed by atoms with E-state index in [1.807, 2.05) is 69.3 Å². The van der Waals surface area contributed by atoms with Gasteiger partial charge in [0.15, 0.2) is 0 Å². The summed E-state index contributed by atoms with van der Waals surface area (Å²) in [6, 6.07) is 15.7. The van der Waals surface area contributed by atoms with Gasteiger partial charge in [-0.2, -0.15) is 0 Å². The predicted octanol–water partition coefficient (Wildman–Crippen LogP) is 4.24. The van der Waals surface area contributed by atoms with Gasteiger partial charge in [-0.15, -0.1) is 0 Å². The summed E-state index contributed by atoms with van der Waals surface area (Å²) in [5.41, 5.74) is 0.763. The molecule has 3 nitrogen and oxygen atoms in total. The lowest BCUT2D eigenvalue weighted by molar-refractivity contribution is -0.126. The molecule has 0 saturated heterocycles. The van der Waals surface area contributed by atoms with Gasteiger partial charge in [-0.1, -0.05) is 57.2 Å². The monoisotopic (exact) mass is 282 g/mol. The summed E-state index contributed by atoms with van der Waals surface area (Å²) in [7, 11) is 0. The molecule has 0 bridgehead atoms. The van der Waals surface area contributed by atoms with Crippen molar-refractivity contribution in [3.63, 3.8) is 0 Å². The third-order valence-corrected chi connectivity index (χ3v) is 3.41. The highest BCUT2D eigenvalue weighted by Crippen LogP contribution is 2.26. The van der Waals surface area contributed by atoms with Crippen molar-refractivity contribution in [1.29, 1.82) is 0 Å². The molecule has 0 aliphatic carbocycles. The lowest BCUT2D eigenvalue weighted by atomic mass is 9.85. The van der Waals surface area contributed by atoms with Crippen molar-refractivity contribution in [1.82, 2.24) is 4.98 Å². The number of nitrogens with one attached hydrogen (secondary N) is 1. The standard InChI is InChI=1S/C18H22N2O/c1-18(2,3)16(21)13-15(14-9-5-4-6-10-14)20-17-11-7-8-12-19-17/h4-12,15H,13H2,1-3H3,(H,19,20). The Morgan fingerprint density at radius 1 is 1.10 bits per heavy atom. The molecule has 0 aliphatic rings. The van der Waals surface area contributed by atoms with Crippen LogP contribution >= 0.6 is 0 Å². The Hall–Kier alpha value is -2.16. The van der Waals surface area contributed by atoms with Gasteiger partial charge < -0.3 is 5.32 Å². The van der Waals surface area contributed by atoms with Crippen molar-refractivity contribution in [3.8, 4) is 0 Å². The van der Waals surface area contributed by atoms with E-state index in [0.29, 0.717) is 6.42 Å². The Balaban J connectivity index is 2.21. The summed E-state index contributed by atoms with van der Waals surface area (Å²) >= 11 is 0. The van der Waals surface area contributed by atoms with Crippen molar-refractivity contribution in [2.75, 3.05) is 5.32 Å². The van der Waals surface area contributed by atoms with Gasteiger partial charge in [-0.05, 0) is 17.7 Å². The summed E-state index contributed by atoms with van der Waals surface area (Å²) in [5, 5.41) is 3.37. The Morgan fingerprint density at radius 2 is 1.76 bits per heavy atom. The van der Waals surface area contributed by atoms with Gasteiger partial charge in [0.2, 0.25) is 0 Å². The number of carbonyl (C=O) groups excluding carboxylic acids is 1. The second kappa shape index (κ2) is 6.53. The van der Waals surface area contributed by atoms with Crippen molar-refractivity contribution >= 4 is 11.6 Å². The third-order valence-electron chi connectivity index (χ3n) is 3.41. The average molecular weight is 282 g/mol. The number of benzene rings is 1. The largest absolute Gasteiger partial charge is 0.363 e. The maximum Gasteiger partial charge on any atom is 0.140 e. The second-order valence-electron chi connectivity index (χ2n) is 6.20. The van der Waals surface area contributed by atoms with E-state index in [1.165, 1.54) is 0 Å². The lowest BCUT2D eigenvalue weighted by Gasteiger charge is -2.24. The van der Waals surface area contributed by atoms with Gasteiger partial charge in [0.25, 0.3) is 0 Å². The van der Waals surface area contributed by atoms with Gasteiger partial charge in [0.05, 0.1) is 6.04 Å². The first-order valence-corrected chi connectivity index (χ1v) is 7.22. The van der Waals surface area contributed by atoms with E-state index in [9.17, 15) is 4.79 Å². The topological polar surface area (TPSA) is 42.0 Å². The zero-order chi connectivity index (χ0) is 15.3. The molecule has 2 rings (SSSR count). The van der Waals surface area contributed by atoms with Crippen LogP contribution in [0, 0.1) is 5.41 Å². The quantitative estimate of drug-likeness (QED) is 0.891. The number of pyridine rings is 1. The SMILES string of the molecule is CC(C)(C)C(=O)CC(Nc1ccccn1)c1ccccc1. The first kappa shape index (κ1) is 15.2. The number of rotatable bonds is 5. The number of aromatic nitrogens is 1. The number of ketones is 1. The van der Waals surface area contributed by atoms with Crippen LogP contribution in [0.4, 0.5) is 5.82 Å². The normalized spacial score (nSPS) is 12.7. The first-order valence-electron chi connectivity index (χ1n) is 7.22. The first-order chi connectivity index (χ1) is 9.97. The maximum atomic E-state index is 12.4. The second-order valence-corrected chi connectivity index (χ2v) is 6.20. The fraction of sp³-hybridized carbons (Fsp3) is 0.333. The third kappa shape index (κ3) is 4.42. The Labute approximate surface area is 126 Å². The molecule has 0 fully saturated rings. The Bertz CT molecular complexity index is 573. The van der Waals surface area contributed by atoms with Crippen molar-refractivity contribution in [2.24, 2.45) is 5.41 Å². The molecular formula is C18H22N2O. The predicted molar refractivity (Wildman–Crippen MR) is 86.1 cm³/mol. The van der Waals surface area contributed by atoms with Crippen LogP contribution in [-0.4, -0.2) is 10.8 Å². The molecule has 2 aromatic rings. The fourth-order valence-corrected chi connectivity index (χ4v) is 2.06. The Kier molecular flexibility index (Phi) is 4.73. The average Bonchev–Trinajstić information content (AvgIpc) is 2.47. The van der Waals surface area contributed by atoms with Crippen molar-refractivity contribution < 1.29 is 4.79 Å². The fourth-order valence-electron chi connectivity index (χ4n) is 2.06. The van der Waals surface area contributed by atoms with E-state index in [1.54, 1.807) is 6.20 Å². The molecule has 1 N–H and O–H groups in total. The highest BCUT2D eigenvalue weighted by atomic mass is 16.1. The molecule has 0 spiro atoms. The number of Topliss-reactive ketones (excluding diaryl/α,β-unsaturated/α-hetero) is 1. The molecule has 1 heterocycles. The number of carbonyl (C=O) groups is 1. The van der Waals surface area contributed by atoms with Crippen LogP contribution in [0.25, 0.3) is 0 Å². The van der Waals surface area contributed by atoms with Gasteiger partial charge in [0.1, 0.15) is 11.6 Å². The van der Waals surface area contributed by atoms with E-state index in [-0.39, 0.29) is 17.2 Å². The van der Waals surface area contributed by atoms with Gasteiger partial charge in [-0.25, -0.2) is 4.98 Å². The summed E-state index contributed by atoms with van der Waals surface area (Å²) in [5.74, 6) is 1.02. The van der Waals surface area contributed by atoms with E-state index >= 15 is 0 Å². The molecule has 0 aliphatic heterocycles. The van der Waals surface area contributed by atoms with Gasteiger partial charge in [0, 0.05) is 18.0 Å². The zero-order valence-electron chi connectivity index (χ0n) is 12.8. The minimum atomic E-state index is -0.334. The van der Waals surface area contributed by atoms with Crippen LogP contribution in [0.1, 0.15) is 38.8 Å². The van der Waals surface area contributed by atoms with Crippen LogP contribution in [0.5, 0.6) is 0 Å². The molecule has 1 aromatic heterocycles. The molecule has 110 valence electrons. The van der Waals surface area contributed by atoms with E-state index in [0.717, 1.165) is 11.4 Å². The molecule has 3 heteroatoms. The Morgan fingerprint density at radius 3 is 2.33 bits per heavy atom. The zero-order valence-corrected chi connectivity index (χ0v) is 12.8. The molecule has 0 saturated carbocycles. The van der Waals surface area contributed by atoms with E-state index < -0.39 is 0 Å². The van der Waals surface area contributed by atoms with Crippen LogP contribution in [0.2, 0.25) is 0 Å². The van der Waals surface area contributed by atoms with Crippen LogP contribution < -0.4 is 5.32 Å². The van der Waals surface area contributed by atoms with Crippen LogP contribution in [0.3, 0.4) is 0 Å². The number of anilines is 1.